The van der Waals surface area contributed by atoms with E-state index in [0.717, 1.165) is 6.42 Å². The van der Waals surface area contributed by atoms with Crippen molar-refractivity contribution in [2.45, 2.75) is 49.8 Å². The molecule has 7 heteroatoms. The van der Waals surface area contributed by atoms with Crippen LogP contribution in [0.4, 0.5) is 0 Å². The highest BCUT2D eigenvalue weighted by molar-refractivity contribution is 7.92. The van der Waals surface area contributed by atoms with E-state index in [4.69, 9.17) is 5.11 Å². The fourth-order valence-corrected chi connectivity index (χ4v) is 4.69. The summed E-state index contributed by atoms with van der Waals surface area (Å²) in [5.41, 5.74) is 0. The minimum Gasteiger partial charge on any atom is -0.481 e. The van der Waals surface area contributed by atoms with Gasteiger partial charge in [0.1, 0.15) is 5.25 Å². The second-order valence-corrected chi connectivity index (χ2v) is 7.71. The van der Waals surface area contributed by atoms with E-state index < -0.39 is 32.9 Å². The summed E-state index contributed by atoms with van der Waals surface area (Å²) in [7, 11) is -3.32. The number of nitrogens with one attached hydrogen (secondary N) is 1. The van der Waals surface area contributed by atoms with E-state index in [1.807, 2.05) is 0 Å². The molecule has 108 valence electrons. The molecule has 1 unspecified atom stereocenters. The van der Waals surface area contributed by atoms with E-state index in [1.54, 1.807) is 0 Å². The highest BCUT2D eigenvalue weighted by atomic mass is 32.2. The Kier molecular flexibility index (Phi) is 4.13. The molecule has 0 radical (unpaired) electrons. The first-order chi connectivity index (χ1) is 8.90. The number of hydrogen-bond acceptors (Lipinski definition) is 4. The van der Waals surface area contributed by atoms with Crippen LogP contribution in [0, 0.1) is 5.92 Å². The van der Waals surface area contributed by atoms with Crippen molar-refractivity contribution in [1.82, 2.24) is 5.32 Å². The van der Waals surface area contributed by atoms with Gasteiger partial charge in [-0.15, -0.1) is 0 Å². The molecule has 2 rings (SSSR count). The molecule has 1 amide bonds. The van der Waals surface area contributed by atoms with E-state index in [9.17, 15) is 18.0 Å². The summed E-state index contributed by atoms with van der Waals surface area (Å²) < 4.78 is 23.6. The summed E-state index contributed by atoms with van der Waals surface area (Å²) in [6.45, 7) is 0. The van der Waals surface area contributed by atoms with E-state index in [1.165, 1.54) is 0 Å². The fourth-order valence-electron chi connectivity index (χ4n) is 2.88. The molecule has 1 aliphatic carbocycles. The number of sulfone groups is 1. The van der Waals surface area contributed by atoms with E-state index >= 15 is 0 Å². The molecule has 6 nitrogen and oxygen atoms in total. The second-order valence-electron chi connectivity index (χ2n) is 5.41. The maximum atomic E-state index is 12.0. The first-order valence-electron chi connectivity index (χ1n) is 6.65. The summed E-state index contributed by atoms with van der Waals surface area (Å²) >= 11 is 0. The summed E-state index contributed by atoms with van der Waals surface area (Å²) in [5, 5.41) is 10.7. The van der Waals surface area contributed by atoms with Crippen LogP contribution in [0.15, 0.2) is 0 Å². The molecule has 2 aliphatic rings. The SMILES string of the molecule is O=C(N[C@@H]1CC[C@H](C(=O)O)C1)C1CCCCS1(=O)=O. The second kappa shape index (κ2) is 5.48. The van der Waals surface area contributed by atoms with Gasteiger partial charge in [-0.05, 0) is 32.1 Å². The summed E-state index contributed by atoms with van der Waals surface area (Å²) in [6.07, 6.45) is 3.29. The zero-order valence-corrected chi connectivity index (χ0v) is 11.5. The van der Waals surface area contributed by atoms with Crippen molar-refractivity contribution in [3.05, 3.63) is 0 Å². The van der Waals surface area contributed by atoms with Crippen LogP contribution in [-0.4, -0.2) is 42.4 Å². The van der Waals surface area contributed by atoms with Crippen molar-refractivity contribution in [2.24, 2.45) is 5.92 Å². The van der Waals surface area contributed by atoms with Gasteiger partial charge in [0, 0.05) is 6.04 Å². The molecule has 0 bridgehead atoms. The third-order valence-electron chi connectivity index (χ3n) is 4.00. The number of aliphatic carboxylic acids is 1. The van der Waals surface area contributed by atoms with Gasteiger partial charge in [0.05, 0.1) is 11.7 Å². The van der Waals surface area contributed by atoms with Gasteiger partial charge in [-0.2, -0.15) is 0 Å². The first kappa shape index (κ1) is 14.3. The van der Waals surface area contributed by atoms with Gasteiger partial charge in [0.15, 0.2) is 9.84 Å². The number of hydrogen-bond donors (Lipinski definition) is 2. The average Bonchev–Trinajstić information content (AvgIpc) is 2.76. The van der Waals surface area contributed by atoms with Crippen molar-refractivity contribution < 1.29 is 23.1 Å². The Bertz CT molecular complexity index is 473. The molecule has 1 saturated carbocycles. The lowest BCUT2D eigenvalue weighted by Crippen LogP contribution is -2.46. The van der Waals surface area contributed by atoms with Gasteiger partial charge in [-0.1, -0.05) is 6.42 Å². The largest absolute Gasteiger partial charge is 0.481 e. The highest BCUT2D eigenvalue weighted by Gasteiger charge is 2.37. The molecule has 3 atom stereocenters. The third-order valence-corrected chi connectivity index (χ3v) is 6.17. The van der Waals surface area contributed by atoms with Crippen LogP contribution < -0.4 is 5.32 Å². The molecular weight excluding hydrogens is 270 g/mol. The summed E-state index contributed by atoms with van der Waals surface area (Å²) in [5.74, 6) is -1.64. The van der Waals surface area contributed by atoms with Gasteiger partial charge < -0.3 is 10.4 Å². The van der Waals surface area contributed by atoms with Gasteiger partial charge in [-0.3, -0.25) is 9.59 Å². The average molecular weight is 289 g/mol. The zero-order chi connectivity index (χ0) is 14.0. The van der Waals surface area contributed by atoms with Crippen molar-refractivity contribution in [3.63, 3.8) is 0 Å². The fraction of sp³-hybridized carbons (Fsp3) is 0.833. The Morgan fingerprint density at radius 3 is 2.42 bits per heavy atom. The van der Waals surface area contributed by atoms with E-state index in [0.29, 0.717) is 32.1 Å². The van der Waals surface area contributed by atoms with Gasteiger partial charge in [0.2, 0.25) is 5.91 Å². The predicted molar refractivity (Wildman–Crippen MR) is 68.3 cm³/mol. The monoisotopic (exact) mass is 289 g/mol. The van der Waals surface area contributed by atoms with Gasteiger partial charge in [-0.25, -0.2) is 8.42 Å². The molecule has 0 spiro atoms. The molecular formula is C12H19NO5S. The molecule has 19 heavy (non-hydrogen) atoms. The van der Waals surface area contributed by atoms with Crippen LogP contribution in [0.1, 0.15) is 38.5 Å². The van der Waals surface area contributed by atoms with E-state index in [2.05, 4.69) is 5.32 Å². The lowest BCUT2D eigenvalue weighted by Gasteiger charge is -2.23. The van der Waals surface area contributed by atoms with Crippen molar-refractivity contribution >= 4 is 21.7 Å². The number of carboxylic acids is 1. The smallest absolute Gasteiger partial charge is 0.306 e. The maximum Gasteiger partial charge on any atom is 0.306 e. The molecule has 0 aromatic rings. The Hall–Kier alpha value is -1.11. The van der Waals surface area contributed by atoms with Crippen molar-refractivity contribution in [3.8, 4) is 0 Å². The van der Waals surface area contributed by atoms with Crippen LogP contribution in [0.25, 0.3) is 0 Å². The molecule has 0 aromatic carbocycles. The normalized spacial score (nSPS) is 33.8. The van der Waals surface area contributed by atoms with Gasteiger partial charge in [0.25, 0.3) is 0 Å². The quantitative estimate of drug-likeness (QED) is 0.779. The standard InChI is InChI=1S/C12H19NO5S/c14-11(10-3-1-2-6-19(10,17)18)13-9-5-4-8(7-9)12(15)16/h8-10H,1-7H2,(H,13,14)(H,15,16)/t8-,9+,10?/m0/s1. The van der Waals surface area contributed by atoms with Crippen molar-refractivity contribution in [1.29, 1.82) is 0 Å². The molecule has 1 saturated heterocycles. The molecule has 2 N–H and O–H groups in total. The molecule has 0 aromatic heterocycles. The first-order valence-corrected chi connectivity index (χ1v) is 8.36. The Labute approximate surface area is 112 Å². The predicted octanol–water partition coefficient (Wildman–Crippen LogP) is 0.323. The highest BCUT2D eigenvalue weighted by Crippen LogP contribution is 2.26. The summed E-state index contributed by atoms with van der Waals surface area (Å²) in [4.78, 5) is 22.8. The Morgan fingerprint density at radius 2 is 1.84 bits per heavy atom. The number of amides is 1. The topological polar surface area (TPSA) is 101 Å². The Balaban J connectivity index is 1.93. The van der Waals surface area contributed by atoms with Crippen LogP contribution in [0.5, 0.6) is 0 Å². The lowest BCUT2D eigenvalue weighted by molar-refractivity contribution is -0.141. The maximum absolute atomic E-state index is 12.0. The van der Waals surface area contributed by atoms with Crippen LogP contribution in [0.2, 0.25) is 0 Å². The zero-order valence-electron chi connectivity index (χ0n) is 10.7. The summed E-state index contributed by atoms with van der Waals surface area (Å²) in [6, 6.07) is -0.203. The third kappa shape index (κ3) is 3.26. The van der Waals surface area contributed by atoms with Crippen LogP contribution in [-0.2, 0) is 19.4 Å². The van der Waals surface area contributed by atoms with Crippen LogP contribution >= 0.6 is 0 Å². The molecule has 1 aliphatic heterocycles. The van der Waals surface area contributed by atoms with Gasteiger partial charge >= 0.3 is 5.97 Å². The Morgan fingerprint density at radius 1 is 1.11 bits per heavy atom. The number of carboxylic acid groups (broad SMARTS) is 1. The number of carbonyl (C=O) groups excluding carboxylic acids is 1. The minimum atomic E-state index is -3.32. The minimum absolute atomic E-state index is 0.0769. The number of rotatable bonds is 3. The number of carbonyl (C=O) groups is 2. The lowest BCUT2D eigenvalue weighted by atomic mass is 10.1. The molecule has 2 fully saturated rings. The van der Waals surface area contributed by atoms with E-state index in [-0.39, 0.29) is 11.8 Å². The van der Waals surface area contributed by atoms with Crippen LogP contribution in [0.3, 0.4) is 0 Å². The molecule has 1 heterocycles. The van der Waals surface area contributed by atoms with Crippen molar-refractivity contribution in [2.75, 3.05) is 5.75 Å².